The maximum atomic E-state index is 11.9. The predicted molar refractivity (Wildman–Crippen MR) is 77.1 cm³/mol. The first-order chi connectivity index (χ1) is 9.08. The van der Waals surface area contributed by atoms with Crippen LogP contribution in [0.3, 0.4) is 0 Å². The molecular weight excluding hydrogens is 258 g/mol. The SMILES string of the molecule is Cc1c([C@@H](C)NC(=O)CCc2ccsc2)cnn1C. The molecule has 0 radical (unpaired) electrons. The molecule has 0 bridgehead atoms. The standard InChI is InChI=1S/C14H19N3OS/c1-10(13-8-15-17(3)11(13)2)16-14(18)5-4-12-6-7-19-9-12/h6-10H,4-5H2,1-3H3,(H,16,18)/t10-/m1/s1. The van der Waals surface area contributed by atoms with Crippen molar-refractivity contribution < 1.29 is 4.79 Å². The van der Waals surface area contributed by atoms with Gasteiger partial charge in [-0.1, -0.05) is 0 Å². The summed E-state index contributed by atoms with van der Waals surface area (Å²) in [6.45, 7) is 4.00. The number of aryl methyl sites for hydroxylation is 2. The summed E-state index contributed by atoms with van der Waals surface area (Å²) in [6.07, 6.45) is 3.15. The fourth-order valence-corrected chi connectivity index (χ4v) is 2.73. The van der Waals surface area contributed by atoms with Crippen molar-refractivity contribution in [1.29, 1.82) is 0 Å². The van der Waals surface area contributed by atoms with Gasteiger partial charge in [0.2, 0.25) is 5.91 Å². The number of nitrogens with one attached hydrogen (secondary N) is 1. The number of thiophene rings is 1. The molecule has 0 saturated heterocycles. The molecule has 2 aromatic heterocycles. The molecule has 2 aromatic rings. The van der Waals surface area contributed by atoms with Crippen molar-refractivity contribution >= 4 is 17.2 Å². The second-order valence-corrected chi connectivity index (χ2v) is 5.51. The van der Waals surface area contributed by atoms with Crippen LogP contribution in [0, 0.1) is 6.92 Å². The molecule has 1 amide bonds. The fraction of sp³-hybridized carbons (Fsp3) is 0.429. The second kappa shape index (κ2) is 6.02. The van der Waals surface area contributed by atoms with Crippen molar-refractivity contribution in [2.75, 3.05) is 0 Å². The van der Waals surface area contributed by atoms with Gasteiger partial charge in [0.05, 0.1) is 12.2 Å². The number of aromatic nitrogens is 2. The smallest absolute Gasteiger partial charge is 0.220 e. The summed E-state index contributed by atoms with van der Waals surface area (Å²) in [7, 11) is 1.91. The molecule has 0 spiro atoms. The van der Waals surface area contributed by atoms with Gasteiger partial charge in [0, 0.05) is 24.7 Å². The maximum Gasteiger partial charge on any atom is 0.220 e. The van der Waals surface area contributed by atoms with Crippen LogP contribution in [-0.2, 0) is 18.3 Å². The van der Waals surface area contributed by atoms with E-state index >= 15 is 0 Å². The van der Waals surface area contributed by atoms with Crippen molar-refractivity contribution in [3.05, 3.63) is 39.8 Å². The van der Waals surface area contributed by atoms with Crippen LogP contribution >= 0.6 is 11.3 Å². The Morgan fingerprint density at radius 1 is 1.58 bits per heavy atom. The van der Waals surface area contributed by atoms with Gasteiger partial charge in [-0.2, -0.15) is 16.4 Å². The Labute approximate surface area is 117 Å². The molecule has 0 saturated carbocycles. The van der Waals surface area contributed by atoms with Crippen molar-refractivity contribution in [2.24, 2.45) is 7.05 Å². The van der Waals surface area contributed by atoms with Crippen LogP contribution in [-0.4, -0.2) is 15.7 Å². The van der Waals surface area contributed by atoms with Crippen LogP contribution in [0.25, 0.3) is 0 Å². The predicted octanol–water partition coefficient (Wildman–Crippen LogP) is 2.60. The minimum atomic E-state index is 0.00340. The fourth-order valence-electron chi connectivity index (χ4n) is 2.02. The molecule has 0 unspecified atom stereocenters. The van der Waals surface area contributed by atoms with Crippen molar-refractivity contribution in [1.82, 2.24) is 15.1 Å². The largest absolute Gasteiger partial charge is 0.349 e. The third-order valence-corrected chi connectivity index (χ3v) is 4.07. The molecular formula is C14H19N3OS. The van der Waals surface area contributed by atoms with Gasteiger partial charge in [-0.25, -0.2) is 0 Å². The van der Waals surface area contributed by atoms with Gasteiger partial charge in [-0.05, 0) is 42.7 Å². The highest BCUT2D eigenvalue weighted by Crippen LogP contribution is 2.16. The van der Waals surface area contributed by atoms with Gasteiger partial charge < -0.3 is 5.32 Å². The highest BCUT2D eigenvalue weighted by molar-refractivity contribution is 7.07. The average Bonchev–Trinajstić information content (AvgIpc) is 2.98. The number of amides is 1. The highest BCUT2D eigenvalue weighted by atomic mass is 32.1. The summed E-state index contributed by atoms with van der Waals surface area (Å²) < 4.78 is 1.82. The number of carbonyl (C=O) groups excluding carboxylic acids is 1. The maximum absolute atomic E-state index is 11.9. The number of hydrogen-bond donors (Lipinski definition) is 1. The van der Waals surface area contributed by atoms with Crippen molar-refractivity contribution in [3.8, 4) is 0 Å². The van der Waals surface area contributed by atoms with Gasteiger partial charge in [0.25, 0.3) is 0 Å². The summed E-state index contributed by atoms with van der Waals surface area (Å²) in [5, 5.41) is 11.3. The summed E-state index contributed by atoms with van der Waals surface area (Å²) >= 11 is 1.66. The first kappa shape index (κ1) is 13.8. The Balaban J connectivity index is 1.86. The molecule has 19 heavy (non-hydrogen) atoms. The zero-order valence-corrected chi connectivity index (χ0v) is 12.3. The molecule has 0 fully saturated rings. The van der Waals surface area contributed by atoms with Crippen LogP contribution in [0.2, 0.25) is 0 Å². The minimum Gasteiger partial charge on any atom is -0.349 e. The molecule has 0 aliphatic heterocycles. The van der Waals surface area contributed by atoms with Crippen molar-refractivity contribution in [3.63, 3.8) is 0 Å². The first-order valence-electron chi connectivity index (χ1n) is 6.37. The topological polar surface area (TPSA) is 46.9 Å². The zero-order valence-electron chi connectivity index (χ0n) is 11.5. The van der Waals surface area contributed by atoms with E-state index in [4.69, 9.17) is 0 Å². The lowest BCUT2D eigenvalue weighted by Gasteiger charge is -2.13. The van der Waals surface area contributed by atoms with Gasteiger partial charge in [-0.3, -0.25) is 9.48 Å². The average molecular weight is 277 g/mol. The van der Waals surface area contributed by atoms with Gasteiger partial charge in [0.1, 0.15) is 0 Å². The molecule has 1 N–H and O–H groups in total. The van der Waals surface area contributed by atoms with Crippen LogP contribution in [0.4, 0.5) is 0 Å². The molecule has 0 aromatic carbocycles. The Hall–Kier alpha value is -1.62. The summed E-state index contributed by atoms with van der Waals surface area (Å²) in [4.78, 5) is 11.9. The summed E-state index contributed by atoms with van der Waals surface area (Å²) in [5.74, 6) is 0.0851. The quantitative estimate of drug-likeness (QED) is 0.913. The van der Waals surface area contributed by atoms with E-state index in [1.807, 2.05) is 37.2 Å². The van der Waals surface area contributed by atoms with E-state index in [0.29, 0.717) is 6.42 Å². The Morgan fingerprint density at radius 2 is 2.37 bits per heavy atom. The Kier molecular flexibility index (Phi) is 4.37. The van der Waals surface area contributed by atoms with Crippen LogP contribution in [0.1, 0.15) is 36.2 Å². The van der Waals surface area contributed by atoms with Crippen molar-refractivity contribution in [2.45, 2.75) is 32.7 Å². The Bertz CT molecular complexity index is 545. The highest BCUT2D eigenvalue weighted by Gasteiger charge is 2.14. The molecule has 0 aliphatic rings. The van der Waals surface area contributed by atoms with E-state index in [1.165, 1.54) is 5.56 Å². The molecule has 2 rings (SSSR count). The minimum absolute atomic E-state index is 0.00340. The lowest BCUT2D eigenvalue weighted by atomic mass is 10.1. The number of carbonyl (C=O) groups is 1. The van der Waals surface area contributed by atoms with E-state index in [-0.39, 0.29) is 11.9 Å². The number of rotatable bonds is 5. The van der Waals surface area contributed by atoms with E-state index in [9.17, 15) is 4.79 Å². The molecule has 0 aliphatic carbocycles. The summed E-state index contributed by atoms with van der Waals surface area (Å²) in [5.41, 5.74) is 3.39. The Morgan fingerprint density at radius 3 is 2.95 bits per heavy atom. The second-order valence-electron chi connectivity index (χ2n) is 4.73. The van der Waals surface area contributed by atoms with E-state index in [0.717, 1.165) is 17.7 Å². The third-order valence-electron chi connectivity index (χ3n) is 3.34. The van der Waals surface area contributed by atoms with E-state index in [1.54, 1.807) is 11.3 Å². The van der Waals surface area contributed by atoms with Crippen LogP contribution in [0.15, 0.2) is 23.0 Å². The van der Waals surface area contributed by atoms with E-state index in [2.05, 4.69) is 21.9 Å². The monoisotopic (exact) mass is 277 g/mol. The van der Waals surface area contributed by atoms with Crippen LogP contribution < -0.4 is 5.32 Å². The molecule has 5 heteroatoms. The van der Waals surface area contributed by atoms with Crippen LogP contribution in [0.5, 0.6) is 0 Å². The molecule has 2 heterocycles. The normalized spacial score (nSPS) is 12.4. The zero-order chi connectivity index (χ0) is 13.8. The molecule has 102 valence electrons. The van der Waals surface area contributed by atoms with Gasteiger partial charge in [0.15, 0.2) is 0 Å². The van der Waals surface area contributed by atoms with Gasteiger partial charge in [-0.15, -0.1) is 0 Å². The van der Waals surface area contributed by atoms with E-state index < -0.39 is 0 Å². The van der Waals surface area contributed by atoms with Gasteiger partial charge >= 0.3 is 0 Å². The summed E-state index contributed by atoms with van der Waals surface area (Å²) in [6, 6.07) is 2.07. The lowest BCUT2D eigenvalue weighted by Crippen LogP contribution is -2.27. The third kappa shape index (κ3) is 3.44. The molecule has 1 atom stereocenters. The lowest BCUT2D eigenvalue weighted by molar-refractivity contribution is -0.121. The number of hydrogen-bond acceptors (Lipinski definition) is 3. The number of nitrogens with zero attached hydrogens (tertiary/aromatic N) is 2. The molecule has 4 nitrogen and oxygen atoms in total. The first-order valence-corrected chi connectivity index (χ1v) is 7.31.